The zero-order valence-electron chi connectivity index (χ0n) is 12.7. The highest BCUT2D eigenvalue weighted by Gasteiger charge is 2.41. The number of rotatable bonds is 2. The second-order valence-corrected chi connectivity index (χ2v) is 6.61. The monoisotopic (exact) mass is 294 g/mol. The predicted molar refractivity (Wildman–Crippen MR) is 88.5 cm³/mol. The van der Waals surface area contributed by atoms with E-state index in [9.17, 15) is 5.11 Å². The van der Waals surface area contributed by atoms with Crippen LogP contribution in [0.2, 0.25) is 0 Å². The van der Waals surface area contributed by atoms with Gasteiger partial charge in [0, 0.05) is 18.1 Å². The smallest absolute Gasteiger partial charge is 0.0740 e. The van der Waals surface area contributed by atoms with Crippen molar-refractivity contribution in [2.24, 2.45) is 11.8 Å². The predicted octanol–water partition coefficient (Wildman–Crippen LogP) is 3.16. The Hall–Kier alpha value is -1.71. The normalized spacial score (nSPS) is 34.5. The number of benzene rings is 1. The van der Waals surface area contributed by atoms with Crippen molar-refractivity contribution in [1.82, 2.24) is 9.88 Å². The van der Waals surface area contributed by atoms with Gasteiger partial charge in [0.1, 0.15) is 0 Å². The third-order valence-corrected chi connectivity index (χ3v) is 5.44. The van der Waals surface area contributed by atoms with Crippen molar-refractivity contribution >= 4 is 10.9 Å². The first-order valence-electron chi connectivity index (χ1n) is 8.16. The van der Waals surface area contributed by atoms with E-state index in [0.717, 1.165) is 36.8 Å². The SMILES string of the molecule is C=CC1CN2CCC1CC(O)C2c1ccnc2ccccc12. The minimum atomic E-state index is -0.316. The second kappa shape index (κ2) is 5.49. The van der Waals surface area contributed by atoms with Crippen molar-refractivity contribution in [3.63, 3.8) is 0 Å². The lowest BCUT2D eigenvalue weighted by atomic mass is 9.84. The van der Waals surface area contributed by atoms with Gasteiger partial charge >= 0.3 is 0 Å². The van der Waals surface area contributed by atoms with Crippen LogP contribution in [0.5, 0.6) is 0 Å². The summed E-state index contributed by atoms with van der Waals surface area (Å²) in [6, 6.07) is 10.4. The third-order valence-electron chi connectivity index (χ3n) is 5.44. The number of piperidine rings is 1. The van der Waals surface area contributed by atoms with Gasteiger partial charge in [-0.1, -0.05) is 24.3 Å². The summed E-state index contributed by atoms with van der Waals surface area (Å²) in [4.78, 5) is 6.91. The van der Waals surface area contributed by atoms with Crippen LogP contribution in [-0.4, -0.2) is 34.2 Å². The zero-order chi connectivity index (χ0) is 15.1. The highest BCUT2D eigenvalue weighted by atomic mass is 16.3. The Morgan fingerprint density at radius 1 is 1.27 bits per heavy atom. The fourth-order valence-electron chi connectivity index (χ4n) is 4.33. The van der Waals surface area contributed by atoms with Crippen LogP contribution in [0.1, 0.15) is 24.4 Å². The average molecular weight is 294 g/mol. The van der Waals surface area contributed by atoms with E-state index < -0.39 is 0 Å². The fraction of sp³-hybridized carbons (Fsp3) is 0.421. The van der Waals surface area contributed by atoms with Crippen molar-refractivity contribution in [3.05, 3.63) is 54.7 Å². The van der Waals surface area contributed by atoms with E-state index >= 15 is 0 Å². The molecule has 3 aliphatic heterocycles. The summed E-state index contributed by atoms with van der Waals surface area (Å²) in [7, 11) is 0. The lowest BCUT2D eigenvalue weighted by molar-refractivity contribution is 0.0641. The van der Waals surface area contributed by atoms with Gasteiger partial charge in [0.05, 0.1) is 17.7 Å². The number of aliphatic hydroxyl groups excluding tert-OH is 1. The van der Waals surface area contributed by atoms with Gasteiger partial charge in [-0.3, -0.25) is 9.88 Å². The maximum absolute atomic E-state index is 10.9. The number of para-hydroxylation sites is 1. The standard InChI is InChI=1S/C19H22N2O/c1-2-13-12-21-10-8-14(13)11-18(22)19(21)16-7-9-20-17-6-4-3-5-15(16)17/h2-7,9,13-14,18-19,22H,1,8,10-12H2. The molecule has 0 aliphatic carbocycles. The molecular formula is C19H22N2O. The molecule has 5 rings (SSSR count). The Kier molecular flexibility index (Phi) is 3.47. The van der Waals surface area contributed by atoms with Gasteiger partial charge in [-0.25, -0.2) is 0 Å². The summed E-state index contributed by atoms with van der Waals surface area (Å²) in [5.41, 5.74) is 2.22. The molecule has 0 saturated carbocycles. The topological polar surface area (TPSA) is 36.4 Å². The average Bonchev–Trinajstić information content (AvgIpc) is 2.79. The molecule has 3 nitrogen and oxygen atoms in total. The Morgan fingerprint density at radius 2 is 2.14 bits per heavy atom. The van der Waals surface area contributed by atoms with Gasteiger partial charge in [0.2, 0.25) is 0 Å². The number of aromatic nitrogens is 1. The molecule has 5 atom stereocenters. The molecule has 4 heterocycles. The molecule has 3 heteroatoms. The van der Waals surface area contributed by atoms with Crippen LogP contribution in [0, 0.1) is 11.8 Å². The minimum absolute atomic E-state index is 0.0721. The molecular weight excluding hydrogens is 272 g/mol. The highest BCUT2D eigenvalue weighted by Crippen LogP contribution is 2.42. The van der Waals surface area contributed by atoms with E-state index in [0.29, 0.717) is 11.8 Å². The van der Waals surface area contributed by atoms with Crippen LogP contribution in [0.25, 0.3) is 10.9 Å². The first-order chi connectivity index (χ1) is 10.8. The molecule has 3 aliphatic rings. The summed E-state index contributed by atoms with van der Waals surface area (Å²) in [6.07, 6.45) is 5.66. The van der Waals surface area contributed by atoms with E-state index in [4.69, 9.17) is 0 Å². The molecule has 3 fully saturated rings. The van der Waals surface area contributed by atoms with Gasteiger partial charge in [0.25, 0.3) is 0 Å². The molecule has 22 heavy (non-hydrogen) atoms. The molecule has 2 aromatic rings. The Balaban J connectivity index is 1.81. The van der Waals surface area contributed by atoms with Crippen LogP contribution in [0.4, 0.5) is 0 Å². The molecule has 5 unspecified atom stereocenters. The van der Waals surface area contributed by atoms with Crippen LogP contribution < -0.4 is 0 Å². The molecule has 1 aromatic carbocycles. The van der Waals surface area contributed by atoms with Crippen LogP contribution >= 0.6 is 0 Å². The van der Waals surface area contributed by atoms with E-state index in [1.165, 1.54) is 5.56 Å². The Labute approximate surface area is 131 Å². The number of fused-ring (bicyclic) bond motifs is 5. The van der Waals surface area contributed by atoms with E-state index in [2.05, 4.69) is 40.7 Å². The van der Waals surface area contributed by atoms with Gasteiger partial charge < -0.3 is 5.11 Å². The fourth-order valence-corrected chi connectivity index (χ4v) is 4.33. The number of hydrogen-bond acceptors (Lipinski definition) is 3. The van der Waals surface area contributed by atoms with Crippen LogP contribution in [0.3, 0.4) is 0 Å². The van der Waals surface area contributed by atoms with Crippen LogP contribution in [0.15, 0.2) is 49.2 Å². The maximum atomic E-state index is 10.9. The zero-order valence-corrected chi connectivity index (χ0v) is 12.7. The molecule has 1 aromatic heterocycles. The van der Waals surface area contributed by atoms with Crippen molar-refractivity contribution in [3.8, 4) is 0 Å². The molecule has 0 radical (unpaired) electrons. The summed E-state index contributed by atoms with van der Waals surface area (Å²) in [6.45, 7) is 6.07. The number of pyridine rings is 1. The van der Waals surface area contributed by atoms with Crippen LogP contribution in [-0.2, 0) is 0 Å². The minimum Gasteiger partial charge on any atom is -0.391 e. The van der Waals surface area contributed by atoms with Gasteiger partial charge in [-0.05, 0) is 48.9 Å². The third kappa shape index (κ3) is 2.16. The van der Waals surface area contributed by atoms with Gasteiger partial charge in [0.15, 0.2) is 0 Å². The first kappa shape index (κ1) is 13.9. The van der Waals surface area contributed by atoms with Gasteiger partial charge in [-0.2, -0.15) is 0 Å². The van der Waals surface area contributed by atoms with Crippen molar-refractivity contribution in [2.75, 3.05) is 13.1 Å². The lowest BCUT2D eigenvalue weighted by Gasteiger charge is -2.37. The quantitative estimate of drug-likeness (QED) is 0.864. The number of aliphatic hydroxyl groups is 1. The largest absolute Gasteiger partial charge is 0.391 e. The maximum Gasteiger partial charge on any atom is 0.0740 e. The molecule has 0 spiro atoms. The van der Waals surface area contributed by atoms with E-state index in [1.807, 2.05) is 18.3 Å². The van der Waals surface area contributed by atoms with E-state index in [-0.39, 0.29) is 12.1 Å². The van der Waals surface area contributed by atoms with Gasteiger partial charge in [-0.15, -0.1) is 6.58 Å². The Bertz CT molecular complexity index is 693. The van der Waals surface area contributed by atoms with Crippen molar-refractivity contribution < 1.29 is 5.11 Å². The molecule has 0 amide bonds. The first-order valence-corrected chi connectivity index (χ1v) is 8.16. The molecule has 114 valence electrons. The summed E-state index contributed by atoms with van der Waals surface area (Å²) >= 11 is 0. The lowest BCUT2D eigenvalue weighted by Crippen LogP contribution is -2.39. The van der Waals surface area contributed by atoms with Crippen molar-refractivity contribution in [1.29, 1.82) is 0 Å². The van der Waals surface area contributed by atoms with E-state index in [1.54, 1.807) is 0 Å². The molecule has 1 N–H and O–H groups in total. The highest BCUT2D eigenvalue weighted by molar-refractivity contribution is 5.82. The number of hydrogen-bond donors (Lipinski definition) is 1. The molecule has 3 saturated heterocycles. The summed E-state index contributed by atoms with van der Waals surface area (Å²) < 4.78 is 0. The van der Waals surface area contributed by atoms with Crippen molar-refractivity contribution in [2.45, 2.75) is 25.0 Å². The summed E-state index contributed by atoms with van der Waals surface area (Å²) in [5, 5.41) is 12.0. The molecule has 2 bridgehead atoms. The second-order valence-electron chi connectivity index (χ2n) is 6.61. The number of nitrogens with zero attached hydrogens (tertiary/aromatic N) is 2. The summed E-state index contributed by atoms with van der Waals surface area (Å²) in [5.74, 6) is 1.07. The Morgan fingerprint density at radius 3 is 3.00 bits per heavy atom.